The third kappa shape index (κ3) is 6.14. The summed E-state index contributed by atoms with van der Waals surface area (Å²) in [7, 11) is 1.58. The first-order valence-electron chi connectivity index (χ1n) is 10.1. The van der Waals surface area contributed by atoms with Gasteiger partial charge in [0.15, 0.2) is 0 Å². The predicted molar refractivity (Wildman–Crippen MR) is 119 cm³/mol. The highest BCUT2D eigenvalue weighted by molar-refractivity contribution is 7.15. The van der Waals surface area contributed by atoms with Crippen molar-refractivity contribution in [3.05, 3.63) is 34.0 Å². The van der Waals surface area contributed by atoms with Gasteiger partial charge in [-0.2, -0.15) is 4.98 Å². The van der Waals surface area contributed by atoms with E-state index >= 15 is 0 Å². The van der Waals surface area contributed by atoms with Crippen molar-refractivity contribution in [3.63, 3.8) is 0 Å². The molecule has 2 aromatic heterocycles. The standard InChI is InChI=1S/C23H28N2O4S/c1-23(2,3)13-12-17-14-18(21(30-17)22(26)27)24-15-8-10-16(11-9-15)29-20-7-5-6-19(25-20)28-4/h5-7,14-16,24H,8-11H2,1-4H3,(H,26,27)/t15-,16-. The average molecular weight is 429 g/mol. The molecule has 1 aliphatic carbocycles. The fraction of sp³-hybridized carbons (Fsp3) is 0.478. The molecule has 2 heterocycles. The third-order valence-corrected chi connectivity index (χ3v) is 5.75. The fourth-order valence-electron chi connectivity index (χ4n) is 3.26. The van der Waals surface area contributed by atoms with Crippen LogP contribution in [0.1, 0.15) is 61.0 Å². The molecule has 0 radical (unpaired) electrons. The van der Waals surface area contributed by atoms with E-state index in [4.69, 9.17) is 9.47 Å². The molecule has 0 saturated heterocycles. The van der Waals surface area contributed by atoms with E-state index < -0.39 is 5.97 Å². The number of nitrogens with zero attached hydrogens (tertiary/aromatic N) is 1. The maximum absolute atomic E-state index is 11.7. The maximum Gasteiger partial charge on any atom is 0.348 e. The first kappa shape index (κ1) is 22.0. The molecule has 0 aromatic carbocycles. The number of hydrogen-bond donors (Lipinski definition) is 2. The Labute approximate surface area is 181 Å². The second kappa shape index (κ2) is 9.40. The quantitative estimate of drug-likeness (QED) is 0.627. The topological polar surface area (TPSA) is 80.7 Å². The molecule has 1 fully saturated rings. The number of anilines is 1. The summed E-state index contributed by atoms with van der Waals surface area (Å²) in [5.41, 5.74) is 0.529. The summed E-state index contributed by atoms with van der Waals surface area (Å²) in [5, 5.41) is 13.0. The number of carboxylic acids is 1. The van der Waals surface area contributed by atoms with Crippen LogP contribution >= 0.6 is 11.3 Å². The van der Waals surface area contributed by atoms with Crippen LogP contribution in [0, 0.1) is 17.3 Å². The molecular weight excluding hydrogens is 400 g/mol. The van der Waals surface area contributed by atoms with Crippen molar-refractivity contribution in [1.29, 1.82) is 0 Å². The lowest BCUT2D eigenvalue weighted by Gasteiger charge is -2.29. The van der Waals surface area contributed by atoms with Gasteiger partial charge in [-0.05, 0) is 52.5 Å². The average Bonchev–Trinajstić information content (AvgIpc) is 3.11. The molecule has 3 rings (SSSR count). The Morgan fingerprint density at radius 3 is 2.57 bits per heavy atom. The Morgan fingerprint density at radius 1 is 1.23 bits per heavy atom. The summed E-state index contributed by atoms with van der Waals surface area (Å²) in [6, 6.07) is 7.54. The number of carbonyl (C=O) groups is 1. The van der Waals surface area contributed by atoms with Crippen LogP contribution in [0.15, 0.2) is 24.3 Å². The second-order valence-corrected chi connectivity index (χ2v) is 9.46. The van der Waals surface area contributed by atoms with Gasteiger partial charge >= 0.3 is 5.97 Å². The van der Waals surface area contributed by atoms with Gasteiger partial charge in [0.2, 0.25) is 11.8 Å². The summed E-state index contributed by atoms with van der Waals surface area (Å²) in [5.74, 6) is 6.45. The van der Waals surface area contributed by atoms with Gasteiger partial charge in [0.25, 0.3) is 0 Å². The Hall–Kier alpha value is -2.72. The SMILES string of the molecule is COc1cccc(O[C@H]2CC[C@H](Nc3cc(C#CC(C)(C)C)sc3C(=O)O)CC2)n1. The lowest BCUT2D eigenvalue weighted by atomic mass is 9.92. The highest BCUT2D eigenvalue weighted by Gasteiger charge is 2.25. The Balaban J connectivity index is 1.60. The van der Waals surface area contributed by atoms with Crippen molar-refractivity contribution in [1.82, 2.24) is 4.98 Å². The largest absolute Gasteiger partial charge is 0.481 e. The molecule has 0 atom stereocenters. The van der Waals surface area contributed by atoms with E-state index in [2.05, 4.69) is 22.1 Å². The second-order valence-electron chi connectivity index (χ2n) is 8.41. The number of rotatable bonds is 6. The Morgan fingerprint density at radius 2 is 1.93 bits per heavy atom. The normalized spacial score (nSPS) is 18.8. The molecule has 0 unspecified atom stereocenters. The predicted octanol–water partition coefficient (Wildman–Crippen LogP) is 5.05. The van der Waals surface area contributed by atoms with Gasteiger partial charge < -0.3 is 19.9 Å². The Bertz CT molecular complexity index is 944. The van der Waals surface area contributed by atoms with Gasteiger partial charge in [0.05, 0.1) is 17.7 Å². The van der Waals surface area contributed by atoms with Gasteiger partial charge in [0.1, 0.15) is 11.0 Å². The molecule has 2 aromatic rings. The summed E-state index contributed by atoms with van der Waals surface area (Å²) in [4.78, 5) is 17.1. The molecule has 1 saturated carbocycles. The number of ether oxygens (including phenoxy) is 2. The van der Waals surface area contributed by atoms with E-state index in [0.29, 0.717) is 22.3 Å². The number of aromatic carboxylic acids is 1. The van der Waals surface area contributed by atoms with Crippen molar-refractivity contribution >= 4 is 23.0 Å². The molecule has 6 nitrogen and oxygen atoms in total. The first-order chi connectivity index (χ1) is 14.2. The molecule has 0 spiro atoms. The minimum Gasteiger partial charge on any atom is -0.481 e. The lowest BCUT2D eigenvalue weighted by molar-refractivity contribution is 0.0703. The van der Waals surface area contributed by atoms with Crippen LogP contribution in [0.3, 0.4) is 0 Å². The minimum absolute atomic E-state index is 0.0947. The molecule has 160 valence electrons. The van der Waals surface area contributed by atoms with Crippen molar-refractivity contribution in [2.45, 2.75) is 58.6 Å². The monoisotopic (exact) mass is 428 g/mol. The van der Waals surface area contributed by atoms with Crippen LogP contribution in [-0.4, -0.2) is 35.3 Å². The van der Waals surface area contributed by atoms with Gasteiger partial charge in [-0.1, -0.05) is 17.9 Å². The molecule has 0 aliphatic heterocycles. The summed E-state index contributed by atoms with van der Waals surface area (Å²) in [6.45, 7) is 6.10. The van der Waals surface area contributed by atoms with Crippen molar-refractivity contribution in [2.75, 3.05) is 12.4 Å². The zero-order valence-corrected chi connectivity index (χ0v) is 18.6. The van der Waals surface area contributed by atoms with E-state index in [-0.39, 0.29) is 17.6 Å². The zero-order chi connectivity index (χ0) is 21.7. The van der Waals surface area contributed by atoms with Crippen LogP contribution in [0.5, 0.6) is 11.8 Å². The van der Waals surface area contributed by atoms with E-state index in [1.165, 1.54) is 11.3 Å². The van der Waals surface area contributed by atoms with Gasteiger partial charge in [-0.3, -0.25) is 0 Å². The van der Waals surface area contributed by atoms with Gasteiger partial charge in [-0.25, -0.2) is 4.79 Å². The summed E-state index contributed by atoms with van der Waals surface area (Å²) >= 11 is 1.22. The molecule has 30 heavy (non-hydrogen) atoms. The summed E-state index contributed by atoms with van der Waals surface area (Å²) < 4.78 is 11.1. The van der Waals surface area contributed by atoms with Crippen molar-refractivity contribution in [2.24, 2.45) is 5.41 Å². The van der Waals surface area contributed by atoms with Crippen LogP contribution in [0.2, 0.25) is 0 Å². The smallest absolute Gasteiger partial charge is 0.348 e. The lowest BCUT2D eigenvalue weighted by Crippen LogP contribution is -2.31. The Kier molecular flexibility index (Phi) is 6.88. The number of carboxylic acid groups (broad SMARTS) is 1. The number of nitrogens with one attached hydrogen (secondary N) is 1. The molecule has 1 aliphatic rings. The zero-order valence-electron chi connectivity index (χ0n) is 17.8. The van der Waals surface area contributed by atoms with Crippen LogP contribution < -0.4 is 14.8 Å². The number of pyridine rings is 1. The van der Waals surface area contributed by atoms with Crippen molar-refractivity contribution < 1.29 is 19.4 Å². The highest BCUT2D eigenvalue weighted by Crippen LogP contribution is 2.31. The van der Waals surface area contributed by atoms with E-state index in [9.17, 15) is 9.90 Å². The van der Waals surface area contributed by atoms with E-state index in [1.807, 2.05) is 39.0 Å². The van der Waals surface area contributed by atoms with Gasteiger partial charge in [0, 0.05) is 23.6 Å². The third-order valence-electron chi connectivity index (χ3n) is 4.72. The molecular formula is C23H28N2O4S. The van der Waals surface area contributed by atoms with E-state index in [1.54, 1.807) is 13.2 Å². The molecule has 0 bridgehead atoms. The molecule has 0 amide bonds. The molecule has 7 heteroatoms. The number of methoxy groups -OCH3 is 1. The minimum atomic E-state index is -0.924. The van der Waals surface area contributed by atoms with Crippen LogP contribution in [-0.2, 0) is 0 Å². The highest BCUT2D eigenvalue weighted by atomic mass is 32.1. The number of aromatic nitrogens is 1. The van der Waals surface area contributed by atoms with Crippen molar-refractivity contribution in [3.8, 4) is 23.6 Å². The van der Waals surface area contributed by atoms with Gasteiger partial charge in [-0.15, -0.1) is 11.3 Å². The summed E-state index contributed by atoms with van der Waals surface area (Å²) in [6.07, 6.45) is 3.64. The molecule has 2 N–H and O–H groups in total. The first-order valence-corrected chi connectivity index (χ1v) is 10.9. The maximum atomic E-state index is 11.7. The van der Waals surface area contributed by atoms with E-state index in [0.717, 1.165) is 30.6 Å². The number of thiophene rings is 1. The van der Waals surface area contributed by atoms with Crippen LogP contribution in [0.4, 0.5) is 5.69 Å². The fourth-order valence-corrected chi connectivity index (χ4v) is 4.07. The van der Waals surface area contributed by atoms with Crippen LogP contribution in [0.25, 0.3) is 0 Å². The number of hydrogen-bond acceptors (Lipinski definition) is 6.